The lowest BCUT2D eigenvalue weighted by Crippen LogP contribution is -2.35. The number of hydrogen-bond donors (Lipinski definition) is 1. The zero-order valence-electron chi connectivity index (χ0n) is 9.86. The van der Waals surface area contributed by atoms with E-state index in [1.54, 1.807) is 0 Å². The lowest BCUT2D eigenvalue weighted by Gasteiger charge is -2.20. The molecule has 0 bridgehead atoms. The van der Waals surface area contributed by atoms with E-state index in [2.05, 4.69) is 18.8 Å². The number of aromatic nitrogens is 1. The van der Waals surface area contributed by atoms with Gasteiger partial charge >= 0.3 is 0 Å². The van der Waals surface area contributed by atoms with E-state index in [0.29, 0.717) is 5.92 Å². The first kappa shape index (κ1) is 11.3. The van der Waals surface area contributed by atoms with Crippen LogP contribution in [0.15, 0.2) is 12.1 Å². The van der Waals surface area contributed by atoms with Crippen molar-refractivity contribution in [3.8, 4) is 0 Å². The van der Waals surface area contributed by atoms with E-state index >= 15 is 0 Å². The molecule has 0 saturated heterocycles. The number of hydrogen-bond acceptors (Lipinski definition) is 3. The third-order valence-electron chi connectivity index (χ3n) is 2.94. The number of pyridine rings is 1. The number of fused-ring (bicyclic) bond motifs is 1. The Kier molecular flexibility index (Phi) is 3.06. The first-order valence-electron chi connectivity index (χ1n) is 5.86. The second-order valence-electron chi connectivity index (χ2n) is 4.90. The van der Waals surface area contributed by atoms with Crippen molar-refractivity contribution >= 4 is 5.78 Å². The molecule has 1 aliphatic carbocycles. The van der Waals surface area contributed by atoms with Crippen LogP contribution < -0.4 is 5.73 Å². The number of nitrogens with zero attached hydrogens (tertiary/aromatic N) is 1. The molecule has 1 unspecified atom stereocenters. The van der Waals surface area contributed by atoms with Crippen molar-refractivity contribution in [2.24, 2.45) is 11.7 Å². The topological polar surface area (TPSA) is 56.0 Å². The van der Waals surface area contributed by atoms with Crippen LogP contribution in [0, 0.1) is 5.92 Å². The van der Waals surface area contributed by atoms with Crippen LogP contribution >= 0.6 is 0 Å². The number of rotatable bonds is 2. The molecule has 86 valence electrons. The second-order valence-corrected chi connectivity index (χ2v) is 4.90. The molecular weight excluding hydrogens is 200 g/mol. The zero-order chi connectivity index (χ0) is 11.7. The van der Waals surface area contributed by atoms with Crippen LogP contribution in [0.5, 0.6) is 0 Å². The minimum Gasteiger partial charge on any atom is -0.321 e. The molecule has 1 heterocycles. The average Bonchev–Trinajstić information content (AvgIpc) is 2.23. The monoisotopic (exact) mass is 218 g/mol. The molecule has 2 N–H and O–H groups in total. The van der Waals surface area contributed by atoms with Gasteiger partial charge in [0.25, 0.3) is 0 Å². The highest BCUT2D eigenvalue weighted by Gasteiger charge is 2.25. The molecule has 1 aromatic heterocycles. The number of ketones is 1. The predicted molar refractivity (Wildman–Crippen MR) is 63.4 cm³/mol. The van der Waals surface area contributed by atoms with E-state index in [1.165, 1.54) is 0 Å². The van der Waals surface area contributed by atoms with Crippen molar-refractivity contribution in [3.63, 3.8) is 0 Å². The van der Waals surface area contributed by atoms with Gasteiger partial charge in [-0.2, -0.15) is 0 Å². The van der Waals surface area contributed by atoms with Gasteiger partial charge < -0.3 is 5.73 Å². The first-order valence-corrected chi connectivity index (χ1v) is 5.86. The molecule has 3 nitrogen and oxygen atoms in total. The van der Waals surface area contributed by atoms with Crippen LogP contribution in [0.4, 0.5) is 0 Å². The van der Waals surface area contributed by atoms with Crippen molar-refractivity contribution in [3.05, 3.63) is 29.1 Å². The summed E-state index contributed by atoms with van der Waals surface area (Å²) in [5, 5.41) is 0. The predicted octanol–water partition coefficient (Wildman–Crippen LogP) is 1.74. The molecule has 0 amide bonds. The van der Waals surface area contributed by atoms with Crippen LogP contribution in [0.1, 0.15) is 42.0 Å². The number of aryl methyl sites for hydroxylation is 1. The van der Waals surface area contributed by atoms with Gasteiger partial charge in [0.2, 0.25) is 0 Å². The molecule has 0 spiro atoms. The zero-order valence-corrected chi connectivity index (χ0v) is 9.86. The van der Waals surface area contributed by atoms with Crippen LogP contribution in [-0.4, -0.2) is 16.8 Å². The second kappa shape index (κ2) is 4.34. The smallest absolute Gasteiger partial charge is 0.181 e. The van der Waals surface area contributed by atoms with Crippen molar-refractivity contribution in [1.29, 1.82) is 0 Å². The molecule has 16 heavy (non-hydrogen) atoms. The van der Waals surface area contributed by atoms with Gasteiger partial charge in [0.05, 0.1) is 11.7 Å². The highest BCUT2D eigenvalue weighted by Crippen LogP contribution is 2.20. The summed E-state index contributed by atoms with van der Waals surface area (Å²) in [5.74, 6) is 0.636. The Balaban J connectivity index is 2.30. The summed E-state index contributed by atoms with van der Waals surface area (Å²) in [6.45, 7) is 4.34. The molecule has 2 rings (SSSR count). The maximum atomic E-state index is 11.8. The normalized spacial score (nSPS) is 20.0. The van der Waals surface area contributed by atoms with Gasteiger partial charge in [-0.1, -0.05) is 13.8 Å². The third-order valence-corrected chi connectivity index (χ3v) is 2.94. The minimum absolute atomic E-state index is 0.0462. The van der Waals surface area contributed by atoms with Gasteiger partial charge in [0.1, 0.15) is 0 Å². The number of carbonyl (C=O) groups is 1. The van der Waals surface area contributed by atoms with E-state index in [9.17, 15) is 4.79 Å². The summed E-state index contributed by atoms with van der Waals surface area (Å²) in [6.07, 6.45) is 2.52. The van der Waals surface area contributed by atoms with E-state index < -0.39 is 0 Å². The largest absolute Gasteiger partial charge is 0.321 e. The maximum Gasteiger partial charge on any atom is 0.181 e. The van der Waals surface area contributed by atoms with Crippen LogP contribution in [0.3, 0.4) is 0 Å². The van der Waals surface area contributed by atoms with E-state index in [0.717, 1.165) is 36.2 Å². The molecule has 0 saturated carbocycles. The van der Waals surface area contributed by atoms with Gasteiger partial charge in [-0.25, -0.2) is 0 Å². The van der Waals surface area contributed by atoms with Crippen LogP contribution in [0.2, 0.25) is 0 Å². The van der Waals surface area contributed by atoms with Crippen LogP contribution in [0.25, 0.3) is 0 Å². The number of nitrogens with two attached hydrogens (primary N) is 1. The van der Waals surface area contributed by atoms with E-state index in [-0.39, 0.29) is 11.8 Å². The van der Waals surface area contributed by atoms with Crippen molar-refractivity contribution in [2.45, 2.75) is 39.2 Å². The highest BCUT2D eigenvalue weighted by molar-refractivity contribution is 6.01. The Labute approximate surface area is 96.1 Å². The van der Waals surface area contributed by atoms with Gasteiger partial charge in [0, 0.05) is 11.3 Å². The fourth-order valence-corrected chi connectivity index (χ4v) is 2.12. The molecule has 1 aliphatic rings. The number of carbonyl (C=O) groups excluding carboxylic acids is 1. The standard InChI is InChI=1S/C13H18N2O/c1-8(2)7-9-3-4-10-12(15-9)6-5-11(14)13(10)16/h3-4,8,11H,5-7,14H2,1-2H3. The SMILES string of the molecule is CC(C)Cc1ccc2c(n1)CCC(N)C2=O. The Hall–Kier alpha value is -1.22. The molecule has 0 radical (unpaired) electrons. The fraction of sp³-hybridized carbons (Fsp3) is 0.538. The lowest BCUT2D eigenvalue weighted by molar-refractivity contribution is 0.0947. The lowest BCUT2D eigenvalue weighted by atomic mass is 9.90. The van der Waals surface area contributed by atoms with E-state index in [4.69, 9.17) is 5.73 Å². The fourth-order valence-electron chi connectivity index (χ4n) is 2.12. The van der Waals surface area contributed by atoms with Crippen molar-refractivity contribution in [1.82, 2.24) is 4.98 Å². The Bertz CT molecular complexity index is 412. The maximum absolute atomic E-state index is 11.8. The Morgan fingerprint density at radius 1 is 1.50 bits per heavy atom. The van der Waals surface area contributed by atoms with Gasteiger partial charge in [-0.15, -0.1) is 0 Å². The molecular formula is C13H18N2O. The molecule has 0 fully saturated rings. The quantitative estimate of drug-likeness (QED) is 0.822. The molecule has 1 atom stereocenters. The average molecular weight is 218 g/mol. The Morgan fingerprint density at radius 3 is 2.94 bits per heavy atom. The highest BCUT2D eigenvalue weighted by atomic mass is 16.1. The summed E-state index contributed by atoms with van der Waals surface area (Å²) >= 11 is 0. The molecule has 3 heteroatoms. The third kappa shape index (κ3) is 2.14. The van der Waals surface area contributed by atoms with Gasteiger partial charge in [-0.3, -0.25) is 9.78 Å². The Morgan fingerprint density at radius 2 is 2.25 bits per heavy atom. The van der Waals surface area contributed by atoms with Crippen molar-refractivity contribution in [2.75, 3.05) is 0 Å². The number of Topliss-reactive ketones (excluding diaryl/α,β-unsaturated/α-hetero) is 1. The molecule has 0 aromatic carbocycles. The van der Waals surface area contributed by atoms with Crippen molar-refractivity contribution < 1.29 is 4.79 Å². The first-order chi connectivity index (χ1) is 7.58. The minimum atomic E-state index is -0.328. The van der Waals surface area contributed by atoms with E-state index in [1.807, 2.05) is 12.1 Å². The summed E-state index contributed by atoms with van der Waals surface area (Å²) in [6, 6.07) is 3.51. The van der Waals surface area contributed by atoms with Crippen LogP contribution in [-0.2, 0) is 12.8 Å². The summed E-state index contributed by atoms with van der Waals surface area (Å²) in [4.78, 5) is 16.3. The summed E-state index contributed by atoms with van der Waals surface area (Å²) in [5.41, 5.74) is 8.48. The van der Waals surface area contributed by atoms with Gasteiger partial charge in [0.15, 0.2) is 5.78 Å². The van der Waals surface area contributed by atoms with Gasteiger partial charge in [-0.05, 0) is 37.3 Å². The summed E-state index contributed by atoms with van der Waals surface area (Å²) in [7, 11) is 0. The molecule has 1 aromatic rings. The molecule has 0 aliphatic heterocycles. The summed E-state index contributed by atoms with van der Waals surface area (Å²) < 4.78 is 0.